The Kier molecular flexibility index (Phi) is 2.93. The van der Waals surface area contributed by atoms with Crippen molar-refractivity contribution in [1.82, 2.24) is 9.78 Å². The number of benzene rings is 1. The topological polar surface area (TPSA) is 55.9 Å². The minimum absolute atomic E-state index is 0.284. The first-order valence-electron chi connectivity index (χ1n) is 6.84. The lowest BCUT2D eigenvalue weighted by Crippen LogP contribution is -2.24. The zero-order valence-electron chi connectivity index (χ0n) is 11.4. The van der Waals surface area contributed by atoms with Gasteiger partial charge < -0.3 is 11.1 Å². The normalized spacial score (nSPS) is 18.2. The molecule has 3 N–H and O–H groups in total. The molecule has 1 unspecified atom stereocenters. The van der Waals surface area contributed by atoms with E-state index < -0.39 is 0 Å². The molecule has 0 bridgehead atoms. The van der Waals surface area contributed by atoms with E-state index in [0.29, 0.717) is 5.92 Å². The van der Waals surface area contributed by atoms with E-state index in [0.717, 1.165) is 30.2 Å². The van der Waals surface area contributed by atoms with E-state index in [2.05, 4.69) is 42.0 Å². The fraction of sp³-hybridized carbons (Fsp3) is 0.400. The van der Waals surface area contributed by atoms with Crippen molar-refractivity contribution >= 4 is 11.5 Å². The SMILES string of the molecule is CC(C)c1cc2n(n1)C(c1cccc(N)c1)CCN2. The second-order valence-corrected chi connectivity index (χ2v) is 5.46. The Labute approximate surface area is 113 Å². The van der Waals surface area contributed by atoms with Gasteiger partial charge in [-0.3, -0.25) is 0 Å². The lowest BCUT2D eigenvalue weighted by atomic mass is 10.0. The fourth-order valence-electron chi connectivity index (χ4n) is 2.60. The summed E-state index contributed by atoms with van der Waals surface area (Å²) in [7, 11) is 0. The number of nitrogens with zero attached hydrogens (tertiary/aromatic N) is 2. The fourth-order valence-corrected chi connectivity index (χ4v) is 2.60. The first kappa shape index (κ1) is 12.1. The van der Waals surface area contributed by atoms with E-state index in [4.69, 9.17) is 10.8 Å². The van der Waals surface area contributed by atoms with Crippen molar-refractivity contribution in [2.75, 3.05) is 17.6 Å². The first-order valence-corrected chi connectivity index (χ1v) is 6.84. The highest BCUT2D eigenvalue weighted by Gasteiger charge is 2.23. The molecule has 0 spiro atoms. The van der Waals surface area contributed by atoms with Crippen LogP contribution in [0.2, 0.25) is 0 Å². The highest BCUT2D eigenvalue weighted by Crippen LogP contribution is 2.31. The van der Waals surface area contributed by atoms with Gasteiger partial charge in [-0.05, 0) is 30.0 Å². The zero-order chi connectivity index (χ0) is 13.4. The van der Waals surface area contributed by atoms with Crippen molar-refractivity contribution in [2.24, 2.45) is 0 Å². The lowest BCUT2D eigenvalue weighted by molar-refractivity contribution is 0.476. The molecule has 100 valence electrons. The van der Waals surface area contributed by atoms with Gasteiger partial charge in [0, 0.05) is 18.3 Å². The third kappa shape index (κ3) is 2.18. The summed E-state index contributed by atoms with van der Waals surface area (Å²) in [5.41, 5.74) is 9.08. The highest BCUT2D eigenvalue weighted by molar-refractivity contribution is 5.45. The predicted molar refractivity (Wildman–Crippen MR) is 78.4 cm³/mol. The lowest BCUT2D eigenvalue weighted by Gasteiger charge is -2.26. The monoisotopic (exact) mass is 256 g/mol. The maximum absolute atomic E-state index is 5.89. The van der Waals surface area contributed by atoms with Crippen LogP contribution in [0.3, 0.4) is 0 Å². The molecule has 3 rings (SSSR count). The minimum Gasteiger partial charge on any atom is -0.399 e. The number of aromatic nitrogens is 2. The van der Waals surface area contributed by atoms with Gasteiger partial charge in [-0.2, -0.15) is 5.10 Å². The number of fused-ring (bicyclic) bond motifs is 1. The molecule has 2 heterocycles. The molecule has 0 saturated heterocycles. The van der Waals surface area contributed by atoms with Gasteiger partial charge in [0.2, 0.25) is 0 Å². The smallest absolute Gasteiger partial charge is 0.125 e. The average molecular weight is 256 g/mol. The summed E-state index contributed by atoms with van der Waals surface area (Å²) in [6.45, 7) is 5.32. The molecule has 4 heteroatoms. The van der Waals surface area contributed by atoms with E-state index >= 15 is 0 Å². The van der Waals surface area contributed by atoms with Crippen molar-refractivity contribution in [3.05, 3.63) is 41.6 Å². The Hall–Kier alpha value is -1.97. The summed E-state index contributed by atoms with van der Waals surface area (Å²) in [6.07, 6.45) is 1.04. The zero-order valence-corrected chi connectivity index (χ0v) is 11.4. The van der Waals surface area contributed by atoms with Crippen molar-refractivity contribution in [2.45, 2.75) is 32.2 Å². The summed E-state index contributed by atoms with van der Waals surface area (Å²) in [5.74, 6) is 1.56. The molecule has 2 aromatic rings. The minimum atomic E-state index is 0.284. The largest absolute Gasteiger partial charge is 0.399 e. The molecule has 1 aliphatic heterocycles. The number of hydrogen-bond acceptors (Lipinski definition) is 3. The number of rotatable bonds is 2. The molecule has 0 radical (unpaired) electrons. The Morgan fingerprint density at radius 3 is 2.95 bits per heavy atom. The summed E-state index contributed by atoms with van der Waals surface area (Å²) in [4.78, 5) is 0. The van der Waals surface area contributed by atoms with Crippen LogP contribution in [0.1, 0.15) is 43.5 Å². The van der Waals surface area contributed by atoms with Crippen LogP contribution in [-0.4, -0.2) is 16.3 Å². The van der Waals surface area contributed by atoms with Crippen LogP contribution in [0.5, 0.6) is 0 Å². The van der Waals surface area contributed by atoms with Gasteiger partial charge in [0.25, 0.3) is 0 Å². The second-order valence-electron chi connectivity index (χ2n) is 5.46. The molecule has 1 aliphatic rings. The van der Waals surface area contributed by atoms with Crippen molar-refractivity contribution in [3.63, 3.8) is 0 Å². The van der Waals surface area contributed by atoms with Crippen LogP contribution in [0.15, 0.2) is 30.3 Å². The van der Waals surface area contributed by atoms with Crippen LogP contribution >= 0.6 is 0 Å². The molecule has 4 nitrogen and oxygen atoms in total. The van der Waals surface area contributed by atoms with Crippen LogP contribution in [-0.2, 0) is 0 Å². The quantitative estimate of drug-likeness (QED) is 0.812. The van der Waals surface area contributed by atoms with Gasteiger partial charge in [-0.1, -0.05) is 26.0 Å². The van der Waals surface area contributed by atoms with Gasteiger partial charge in [0.15, 0.2) is 0 Å². The molecule has 1 aromatic carbocycles. The Morgan fingerprint density at radius 2 is 2.21 bits per heavy atom. The molecule has 0 aliphatic carbocycles. The van der Waals surface area contributed by atoms with Gasteiger partial charge in [-0.15, -0.1) is 0 Å². The predicted octanol–water partition coefficient (Wildman–Crippen LogP) is 2.99. The van der Waals surface area contributed by atoms with Gasteiger partial charge in [0.05, 0.1) is 11.7 Å². The standard InChI is InChI=1S/C15H20N4/c1-10(2)13-9-15-17-7-6-14(19(15)18-13)11-4-3-5-12(16)8-11/h3-5,8-10,14,17H,6-7,16H2,1-2H3. The van der Waals surface area contributed by atoms with Crippen LogP contribution < -0.4 is 11.1 Å². The molecular weight excluding hydrogens is 236 g/mol. The maximum atomic E-state index is 5.89. The van der Waals surface area contributed by atoms with E-state index in [1.807, 2.05) is 12.1 Å². The molecule has 19 heavy (non-hydrogen) atoms. The Balaban J connectivity index is 2.02. The molecular formula is C15H20N4. The summed E-state index contributed by atoms with van der Waals surface area (Å²) in [5, 5.41) is 8.17. The Morgan fingerprint density at radius 1 is 1.37 bits per heavy atom. The summed E-state index contributed by atoms with van der Waals surface area (Å²) < 4.78 is 2.10. The summed E-state index contributed by atoms with van der Waals surface area (Å²) >= 11 is 0. The van der Waals surface area contributed by atoms with E-state index in [1.54, 1.807) is 0 Å². The molecule has 1 aromatic heterocycles. The first-order chi connectivity index (χ1) is 9.15. The number of hydrogen-bond donors (Lipinski definition) is 2. The van der Waals surface area contributed by atoms with Crippen LogP contribution in [0.4, 0.5) is 11.5 Å². The molecule has 0 amide bonds. The molecule has 1 atom stereocenters. The third-order valence-corrected chi connectivity index (χ3v) is 3.66. The van der Waals surface area contributed by atoms with Crippen molar-refractivity contribution < 1.29 is 0 Å². The number of nitrogens with one attached hydrogen (secondary N) is 1. The summed E-state index contributed by atoms with van der Waals surface area (Å²) in [6, 6.07) is 10.6. The molecule has 0 fully saturated rings. The maximum Gasteiger partial charge on any atom is 0.125 e. The third-order valence-electron chi connectivity index (χ3n) is 3.66. The van der Waals surface area contributed by atoms with Gasteiger partial charge in [0.1, 0.15) is 5.82 Å². The van der Waals surface area contributed by atoms with E-state index in [1.165, 1.54) is 5.56 Å². The van der Waals surface area contributed by atoms with Crippen LogP contribution in [0, 0.1) is 0 Å². The van der Waals surface area contributed by atoms with E-state index in [-0.39, 0.29) is 6.04 Å². The Bertz CT molecular complexity index is 586. The van der Waals surface area contributed by atoms with Gasteiger partial charge in [-0.25, -0.2) is 4.68 Å². The second kappa shape index (κ2) is 4.61. The number of nitrogen functional groups attached to an aromatic ring is 1. The number of nitrogens with two attached hydrogens (primary N) is 1. The van der Waals surface area contributed by atoms with Crippen molar-refractivity contribution in [1.29, 1.82) is 0 Å². The van der Waals surface area contributed by atoms with Crippen molar-refractivity contribution in [3.8, 4) is 0 Å². The highest BCUT2D eigenvalue weighted by atomic mass is 15.4. The molecule has 0 saturated carbocycles. The average Bonchev–Trinajstić information content (AvgIpc) is 2.82. The van der Waals surface area contributed by atoms with E-state index in [9.17, 15) is 0 Å². The van der Waals surface area contributed by atoms with Crippen LogP contribution in [0.25, 0.3) is 0 Å². The number of anilines is 2. The van der Waals surface area contributed by atoms with Gasteiger partial charge >= 0.3 is 0 Å².